The number of benzene rings is 3. The molecule has 1 saturated heterocycles. The normalized spacial score (nSPS) is 16.4. The van der Waals surface area contributed by atoms with Crippen LogP contribution in [-0.4, -0.2) is 41.7 Å². The molecule has 0 atom stereocenters. The van der Waals surface area contributed by atoms with E-state index >= 15 is 0 Å². The molecule has 2 amide bonds. The zero-order valence-electron chi connectivity index (χ0n) is 21.5. The summed E-state index contributed by atoms with van der Waals surface area (Å²) in [5.41, 5.74) is 3.81. The van der Waals surface area contributed by atoms with Gasteiger partial charge in [0, 0.05) is 31.6 Å². The number of hydrogen-bond acceptors (Lipinski definition) is 4. The molecule has 0 N–H and O–H groups in total. The summed E-state index contributed by atoms with van der Waals surface area (Å²) >= 11 is 0. The van der Waals surface area contributed by atoms with Gasteiger partial charge in [0.25, 0.3) is 0 Å². The molecule has 0 unspecified atom stereocenters. The summed E-state index contributed by atoms with van der Waals surface area (Å²) < 4.78 is 11.7. The second-order valence-corrected chi connectivity index (χ2v) is 10.9. The van der Waals surface area contributed by atoms with Gasteiger partial charge in [-0.3, -0.25) is 4.79 Å². The number of fused-ring (bicyclic) bond motifs is 2. The maximum atomic E-state index is 12.9. The van der Waals surface area contributed by atoms with E-state index in [1.807, 2.05) is 43.9 Å². The molecule has 1 fully saturated rings. The number of hydrogen-bond donors (Lipinski definition) is 0. The predicted molar refractivity (Wildman–Crippen MR) is 141 cm³/mol. The van der Waals surface area contributed by atoms with Crippen molar-refractivity contribution in [3.8, 4) is 5.75 Å². The number of carbonyl (C=O) groups is 2. The van der Waals surface area contributed by atoms with Gasteiger partial charge in [-0.1, -0.05) is 35.9 Å². The lowest BCUT2D eigenvalue weighted by Crippen LogP contribution is -2.44. The summed E-state index contributed by atoms with van der Waals surface area (Å²) in [4.78, 5) is 28.8. The number of likely N-dealkylation sites (tertiary alicyclic amines) is 1. The molecule has 5 rings (SSSR count). The Hall–Kier alpha value is -3.54. The number of amides is 2. The Morgan fingerprint density at radius 2 is 1.72 bits per heavy atom. The van der Waals surface area contributed by atoms with Crippen molar-refractivity contribution >= 4 is 28.5 Å². The summed E-state index contributed by atoms with van der Waals surface area (Å²) in [6.07, 6.45) is 1.66. The minimum atomic E-state index is -0.493. The lowest BCUT2D eigenvalue weighted by atomic mass is 10.0. The maximum Gasteiger partial charge on any atom is 0.410 e. The van der Waals surface area contributed by atoms with E-state index in [9.17, 15) is 9.59 Å². The van der Waals surface area contributed by atoms with Crippen LogP contribution in [0.2, 0.25) is 0 Å². The van der Waals surface area contributed by atoms with Crippen molar-refractivity contribution in [1.82, 2.24) is 4.90 Å². The molecule has 3 aromatic rings. The molecular weight excluding hydrogens is 452 g/mol. The van der Waals surface area contributed by atoms with Gasteiger partial charge in [0.1, 0.15) is 17.5 Å². The Labute approximate surface area is 212 Å². The Morgan fingerprint density at radius 1 is 0.972 bits per heavy atom. The standard InChI is InChI=1S/C30H34N2O4/c1-20-5-7-22-8-6-21(16-23(22)15-20)19-32-27-10-9-26(17-24(27)18-28(32)33)35-25-11-13-31(14-12-25)29(34)36-30(2,3)4/h5-10,15-17,25H,11-14,18-19H2,1-4H3. The van der Waals surface area contributed by atoms with Crippen LogP contribution in [0.15, 0.2) is 54.6 Å². The number of anilines is 1. The van der Waals surface area contributed by atoms with E-state index in [-0.39, 0.29) is 18.1 Å². The molecule has 188 valence electrons. The first-order chi connectivity index (χ1) is 17.1. The highest BCUT2D eigenvalue weighted by atomic mass is 16.6. The van der Waals surface area contributed by atoms with E-state index in [0.717, 1.165) is 35.4 Å². The first-order valence-electron chi connectivity index (χ1n) is 12.7. The first-order valence-corrected chi connectivity index (χ1v) is 12.7. The quantitative estimate of drug-likeness (QED) is 0.453. The van der Waals surface area contributed by atoms with Crippen LogP contribution in [-0.2, 0) is 22.5 Å². The van der Waals surface area contributed by atoms with Gasteiger partial charge >= 0.3 is 6.09 Å². The number of carbonyl (C=O) groups excluding carboxylic acids is 2. The molecule has 2 heterocycles. The topological polar surface area (TPSA) is 59.1 Å². The third-order valence-corrected chi connectivity index (χ3v) is 6.78. The number of rotatable bonds is 4. The van der Waals surface area contributed by atoms with Crippen molar-refractivity contribution in [2.24, 2.45) is 0 Å². The average molecular weight is 487 g/mol. The highest BCUT2D eigenvalue weighted by Gasteiger charge is 2.30. The Bertz CT molecular complexity index is 1300. The molecule has 6 heteroatoms. The summed E-state index contributed by atoms with van der Waals surface area (Å²) in [5, 5.41) is 2.40. The Morgan fingerprint density at radius 3 is 2.47 bits per heavy atom. The van der Waals surface area contributed by atoms with E-state index < -0.39 is 5.60 Å². The molecule has 6 nitrogen and oxygen atoms in total. The fourth-order valence-corrected chi connectivity index (χ4v) is 4.98. The SMILES string of the molecule is Cc1ccc2ccc(CN3C(=O)Cc4cc(OC5CCN(C(=O)OC(C)(C)C)CC5)ccc43)cc2c1. The highest BCUT2D eigenvalue weighted by Crippen LogP contribution is 2.34. The van der Waals surface area contributed by atoms with Crippen molar-refractivity contribution in [3.63, 3.8) is 0 Å². The van der Waals surface area contributed by atoms with Crippen molar-refractivity contribution in [1.29, 1.82) is 0 Å². The minimum absolute atomic E-state index is 0.0380. The molecule has 2 aliphatic rings. The van der Waals surface area contributed by atoms with Crippen LogP contribution < -0.4 is 9.64 Å². The number of nitrogens with zero attached hydrogens (tertiary/aromatic N) is 2. The first kappa shape index (κ1) is 24.2. The van der Waals surface area contributed by atoms with Crippen LogP contribution in [0.25, 0.3) is 10.8 Å². The van der Waals surface area contributed by atoms with Gasteiger partial charge in [-0.25, -0.2) is 4.79 Å². The lowest BCUT2D eigenvalue weighted by Gasteiger charge is -2.33. The maximum absolute atomic E-state index is 12.9. The van der Waals surface area contributed by atoms with E-state index in [4.69, 9.17) is 9.47 Å². The second-order valence-electron chi connectivity index (χ2n) is 10.9. The van der Waals surface area contributed by atoms with Crippen molar-refractivity contribution in [2.75, 3.05) is 18.0 Å². The molecule has 0 aliphatic carbocycles. The zero-order chi connectivity index (χ0) is 25.4. The van der Waals surface area contributed by atoms with Gasteiger partial charge in [0.15, 0.2) is 0 Å². The molecular formula is C30H34N2O4. The minimum Gasteiger partial charge on any atom is -0.490 e. The molecule has 3 aromatic carbocycles. The molecule has 0 radical (unpaired) electrons. The Kier molecular flexibility index (Phi) is 6.37. The molecule has 0 bridgehead atoms. The summed E-state index contributed by atoms with van der Waals surface area (Å²) in [7, 11) is 0. The fraction of sp³-hybridized carbons (Fsp3) is 0.400. The highest BCUT2D eigenvalue weighted by molar-refractivity contribution is 6.01. The average Bonchev–Trinajstić information content (AvgIpc) is 3.12. The summed E-state index contributed by atoms with van der Waals surface area (Å²) in [6, 6.07) is 18.8. The fourth-order valence-electron chi connectivity index (χ4n) is 4.98. The van der Waals surface area contributed by atoms with E-state index in [1.54, 1.807) is 4.90 Å². The monoisotopic (exact) mass is 486 g/mol. The number of piperidine rings is 1. The van der Waals surface area contributed by atoms with Crippen LogP contribution in [0.4, 0.5) is 10.5 Å². The van der Waals surface area contributed by atoms with Gasteiger partial charge in [-0.15, -0.1) is 0 Å². The zero-order valence-corrected chi connectivity index (χ0v) is 21.5. The third-order valence-electron chi connectivity index (χ3n) is 6.78. The van der Waals surface area contributed by atoms with E-state index in [0.29, 0.717) is 26.1 Å². The van der Waals surface area contributed by atoms with Gasteiger partial charge < -0.3 is 19.3 Å². The summed E-state index contributed by atoms with van der Waals surface area (Å²) in [6.45, 7) is 9.51. The van der Waals surface area contributed by atoms with Gasteiger partial charge in [0.2, 0.25) is 5.91 Å². The van der Waals surface area contributed by atoms with Crippen molar-refractivity contribution in [3.05, 3.63) is 71.3 Å². The van der Waals surface area contributed by atoms with Crippen molar-refractivity contribution < 1.29 is 19.1 Å². The largest absolute Gasteiger partial charge is 0.490 e. The molecule has 0 aromatic heterocycles. The molecule has 36 heavy (non-hydrogen) atoms. The smallest absolute Gasteiger partial charge is 0.410 e. The van der Waals surface area contributed by atoms with Gasteiger partial charge in [0.05, 0.1) is 13.0 Å². The van der Waals surface area contributed by atoms with Crippen LogP contribution in [0.1, 0.15) is 50.3 Å². The summed E-state index contributed by atoms with van der Waals surface area (Å²) in [5.74, 6) is 0.887. The Balaban J connectivity index is 1.22. The number of ether oxygens (including phenoxy) is 2. The lowest BCUT2D eigenvalue weighted by molar-refractivity contribution is -0.117. The molecule has 0 spiro atoms. The van der Waals surface area contributed by atoms with Gasteiger partial charge in [-0.05, 0) is 73.9 Å². The van der Waals surface area contributed by atoms with Crippen LogP contribution >= 0.6 is 0 Å². The number of aryl methyl sites for hydroxylation is 1. The van der Waals surface area contributed by atoms with Crippen molar-refractivity contribution in [2.45, 2.75) is 65.2 Å². The predicted octanol–water partition coefficient (Wildman–Crippen LogP) is 6.02. The van der Waals surface area contributed by atoms with Crippen LogP contribution in [0, 0.1) is 6.92 Å². The van der Waals surface area contributed by atoms with E-state index in [1.165, 1.54) is 16.3 Å². The van der Waals surface area contributed by atoms with Gasteiger partial charge in [-0.2, -0.15) is 0 Å². The van der Waals surface area contributed by atoms with E-state index in [2.05, 4.69) is 43.3 Å². The molecule has 0 saturated carbocycles. The van der Waals surface area contributed by atoms with Crippen LogP contribution in [0.3, 0.4) is 0 Å². The second kappa shape index (κ2) is 9.49. The third kappa shape index (κ3) is 5.32. The molecule has 2 aliphatic heterocycles. The van der Waals surface area contributed by atoms with Crippen LogP contribution in [0.5, 0.6) is 5.75 Å².